The van der Waals surface area contributed by atoms with Gasteiger partial charge in [-0.15, -0.1) is 0 Å². The Morgan fingerprint density at radius 3 is 2.29 bits per heavy atom. The average molecular weight is 472 g/mol. The summed E-state index contributed by atoms with van der Waals surface area (Å²) in [6.07, 6.45) is 0.943. The van der Waals surface area contributed by atoms with Gasteiger partial charge < -0.3 is 15.0 Å². The minimum Gasteiger partial charge on any atom is -0.494 e. The van der Waals surface area contributed by atoms with E-state index in [1.54, 1.807) is 0 Å². The van der Waals surface area contributed by atoms with Gasteiger partial charge >= 0.3 is 0 Å². The molecule has 1 N–H and O–H groups in total. The molecular weight excluding hydrogens is 434 g/mol. The Labute approximate surface area is 209 Å². The molecule has 3 aromatic rings. The van der Waals surface area contributed by atoms with Crippen LogP contribution in [-0.2, 0) is 0 Å². The van der Waals surface area contributed by atoms with E-state index in [2.05, 4.69) is 77.5 Å². The zero-order valence-electron chi connectivity index (χ0n) is 21.2. The number of anilines is 1. The highest BCUT2D eigenvalue weighted by atomic mass is 16.5. The average Bonchev–Trinajstić information content (AvgIpc) is 2.92. The van der Waals surface area contributed by atoms with Gasteiger partial charge in [-0.1, -0.05) is 43.3 Å². The molecule has 5 heteroatoms. The van der Waals surface area contributed by atoms with Crippen molar-refractivity contribution in [2.75, 3.05) is 44.2 Å². The van der Waals surface area contributed by atoms with Crippen molar-refractivity contribution < 1.29 is 9.53 Å². The Hall–Kier alpha value is -3.31. The summed E-state index contributed by atoms with van der Waals surface area (Å²) in [5.74, 6) is 0.916. The minimum absolute atomic E-state index is 0.00469. The van der Waals surface area contributed by atoms with E-state index in [0.717, 1.165) is 43.9 Å². The SMILES string of the molecule is CCCNC(=O)c1ccc(N2CCN(C(C)c3ccc(-c4cccc(OCC)c4)cc3)CC2)cc1. The molecule has 1 heterocycles. The fraction of sp³-hybridized carbons (Fsp3) is 0.367. The molecule has 1 saturated heterocycles. The summed E-state index contributed by atoms with van der Waals surface area (Å²) in [7, 11) is 0. The maximum atomic E-state index is 12.1. The maximum Gasteiger partial charge on any atom is 0.251 e. The third-order valence-corrected chi connectivity index (χ3v) is 6.76. The number of carbonyl (C=O) groups is 1. The van der Waals surface area contributed by atoms with Crippen LogP contribution in [0.2, 0.25) is 0 Å². The van der Waals surface area contributed by atoms with E-state index in [-0.39, 0.29) is 5.91 Å². The number of amides is 1. The lowest BCUT2D eigenvalue weighted by Crippen LogP contribution is -2.47. The first-order valence-corrected chi connectivity index (χ1v) is 12.8. The highest BCUT2D eigenvalue weighted by Crippen LogP contribution is 2.28. The van der Waals surface area contributed by atoms with Crippen molar-refractivity contribution in [3.05, 3.63) is 83.9 Å². The van der Waals surface area contributed by atoms with Crippen molar-refractivity contribution in [2.45, 2.75) is 33.2 Å². The summed E-state index contributed by atoms with van der Waals surface area (Å²) >= 11 is 0. The quantitative estimate of drug-likeness (QED) is 0.430. The topological polar surface area (TPSA) is 44.8 Å². The van der Waals surface area contributed by atoms with Crippen LogP contribution < -0.4 is 15.0 Å². The van der Waals surface area contributed by atoms with E-state index >= 15 is 0 Å². The van der Waals surface area contributed by atoms with Crippen LogP contribution in [0.15, 0.2) is 72.8 Å². The summed E-state index contributed by atoms with van der Waals surface area (Å²) in [5.41, 5.74) is 5.63. The Balaban J connectivity index is 1.33. The molecule has 184 valence electrons. The first kappa shape index (κ1) is 24.8. The van der Waals surface area contributed by atoms with Gasteiger partial charge in [0.25, 0.3) is 5.91 Å². The normalized spacial score (nSPS) is 15.0. The lowest BCUT2D eigenvalue weighted by molar-refractivity contribution is 0.0953. The summed E-state index contributed by atoms with van der Waals surface area (Å²) in [6, 6.07) is 25.6. The molecule has 0 radical (unpaired) electrons. The molecule has 1 unspecified atom stereocenters. The minimum atomic E-state index is 0.00469. The highest BCUT2D eigenvalue weighted by molar-refractivity contribution is 5.94. The molecule has 1 fully saturated rings. The van der Waals surface area contributed by atoms with Crippen molar-refractivity contribution in [3.63, 3.8) is 0 Å². The summed E-state index contributed by atoms with van der Waals surface area (Å²) in [4.78, 5) is 17.1. The molecule has 1 atom stereocenters. The molecule has 1 amide bonds. The fourth-order valence-corrected chi connectivity index (χ4v) is 4.63. The van der Waals surface area contributed by atoms with Gasteiger partial charge in [0, 0.05) is 50.0 Å². The second kappa shape index (κ2) is 11.9. The summed E-state index contributed by atoms with van der Waals surface area (Å²) in [6.45, 7) is 11.7. The van der Waals surface area contributed by atoms with E-state index in [0.29, 0.717) is 19.2 Å². The molecular formula is C30H37N3O2. The largest absolute Gasteiger partial charge is 0.494 e. The van der Waals surface area contributed by atoms with Crippen molar-refractivity contribution in [2.24, 2.45) is 0 Å². The van der Waals surface area contributed by atoms with Crippen molar-refractivity contribution >= 4 is 11.6 Å². The van der Waals surface area contributed by atoms with Crippen LogP contribution in [0.25, 0.3) is 11.1 Å². The molecule has 5 nitrogen and oxygen atoms in total. The molecule has 1 aliphatic rings. The number of hydrogen-bond donors (Lipinski definition) is 1. The lowest BCUT2D eigenvalue weighted by atomic mass is 10.00. The van der Waals surface area contributed by atoms with Crippen LogP contribution in [0.1, 0.15) is 49.2 Å². The molecule has 3 aromatic carbocycles. The number of hydrogen-bond acceptors (Lipinski definition) is 4. The molecule has 0 aliphatic carbocycles. The summed E-state index contributed by atoms with van der Waals surface area (Å²) < 4.78 is 5.65. The predicted octanol–water partition coefficient (Wildman–Crippen LogP) is 5.78. The first-order valence-electron chi connectivity index (χ1n) is 12.8. The van der Waals surface area contributed by atoms with Crippen LogP contribution in [0.5, 0.6) is 5.75 Å². The number of rotatable bonds is 9. The van der Waals surface area contributed by atoms with Crippen molar-refractivity contribution in [3.8, 4) is 16.9 Å². The van der Waals surface area contributed by atoms with Crippen molar-refractivity contribution in [1.82, 2.24) is 10.2 Å². The van der Waals surface area contributed by atoms with E-state index in [9.17, 15) is 4.79 Å². The zero-order valence-corrected chi connectivity index (χ0v) is 21.2. The third kappa shape index (κ3) is 6.23. The maximum absolute atomic E-state index is 12.1. The molecule has 0 bridgehead atoms. The zero-order chi connectivity index (χ0) is 24.6. The van der Waals surface area contributed by atoms with Gasteiger partial charge in [0.05, 0.1) is 6.61 Å². The van der Waals surface area contributed by atoms with Crippen LogP contribution in [-0.4, -0.2) is 50.1 Å². The van der Waals surface area contributed by atoms with E-state index in [1.165, 1.54) is 22.4 Å². The number of ether oxygens (including phenoxy) is 1. The van der Waals surface area contributed by atoms with Gasteiger partial charge in [0.2, 0.25) is 0 Å². The highest BCUT2D eigenvalue weighted by Gasteiger charge is 2.22. The van der Waals surface area contributed by atoms with Crippen molar-refractivity contribution in [1.29, 1.82) is 0 Å². The van der Waals surface area contributed by atoms with E-state index < -0.39 is 0 Å². The van der Waals surface area contributed by atoms with Crippen LogP contribution in [0.3, 0.4) is 0 Å². The number of piperazine rings is 1. The molecule has 0 aromatic heterocycles. The van der Waals surface area contributed by atoms with Gasteiger partial charge in [-0.05, 0) is 73.4 Å². The molecule has 0 saturated carbocycles. The first-order chi connectivity index (χ1) is 17.1. The van der Waals surface area contributed by atoms with E-state index in [1.807, 2.05) is 31.2 Å². The summed E-state index contributed by atoms with van der Waals surface area (Å²) in [5, 5.41) is 2.94. The standard InChI is InChI=1S/C30H37N3O2/c1-4-17-31-30(34)26-13-15-28(16-14-26)33-20-18-32(19-21-33)23(3)24-9-11-25(12-10-24)27-7-6-8-29(22-27)35-5-2/h6-16,22-23H,4-5,17-21H2,1-3H3,(H,31,34). The Morgan fingerprint density at radius 2 is 1.63 bits per heavy atom. The van der Waals surface area contributed by atoms with Gasteiger partial charge in [-0.3, -0.25) is 9.69 Å². The van der Waals surface area contributed by atoms with Gasteiger partial charge in [0.15, 0.2) is 0 Å². The second-order valence-electron chi connectivity index (χ2n) is 9.08. The number of carbonyl (C=O) groups excluding carboxylic acids is 1. The monoisotopic (exact) mass is 471 g/mol. The van der Waals surface area contributed by atoms with Gasteiger partial charge in [0.1, 0.15) is 5.75 Å². The van der Waals surface area contributed by atoms with Crippen LogP contribution in [0, 0.1) is 0 Å². The fourth-order valence-electron chi connectivity index (χ4n) is 4.63. The third-order valence-electron chi connectivity index (χ3n) is 6.76. The number of nitrogens with one attached hydrogen (secondary N) is 1. The van der Waals surface area contributed by atoms with Gasteiger partial charge in [-0.2, -0.15) is 0 Å². The van der Waals surface area contributed by atoms with Crippen LogP contribution in [0.4, 0.5) is 5.69 Å². The van der Waals surface area contributed by atoms with Gasteiger partial charge in [-0.25, -0.2) is 0 Å². The Bertz CT molecular complexity index is 1090. The Kier molecular flexibility index (Phi) is 8.43. The second-order valence-corrected chi connectivity index (χ2v) is 9.08. The van der Waals surface area contributed by atoms with Crippen LogP contribution >= 0.6 is 0 Å². The molecule has 1 aliphatic heterocycles. The Morgan fingerprint density at radius 1 is 0.914 bits per heavy atom. The molecule has 4 rings (SSSR count). The molecule has 35 heavy (non-hydrogen) atoms. The predicted molar refractivity (Wildman–Crippen MR) is 144 cm³/mol. The molecule has 0 spiro atoms. The number of benzene rings is 3. The smallest absolute Gasteiger partial charge is 0.251 e. The lowest BCUT2D eigenvalue weighted by Gasteiger charge is -2.39. The van der Waals surface area contributed by atoms with E-state index in [4.69, 9.17) is 4.74 Å². The number of nitrogens with zero attached hydrogens (tertiary/aromatic N) is 2.